The van der Waals surface area contributed by atoms with Crippen LogP contribution in [0.15, 0.2) is 0 Å². The lowest BCUT2D eigenvalue weighted by molar-refractivity contribution is -0.140. The molecule has 1 atom stereocenters. The number of amides is 1. The zero-order valence-electron chi connectivity index (χ0n) is 13.3. The van der Waals surface area contributed by atoms with Gasteiger partial charge in [0.2, 0.25) is 5.91 Å². The van der Waals surface area contributed by atoms with Crippen molar-refractivity contribution in [3.05, 3.63) is 0 Å². The Hall–Kier alpha value is -1.14. The molecule has 0 heterocycles. The van der Waals surface area contributed by atoms with Crippen molar-refractivity contribution >= 4 is 11.9 Å². The third kappa shape index (κ3) is 7.45. The van der Waals surface area contributed by atoms with Gasteiger partial charge in [0.15, 0.2) is 0 Å². The maximum absolute atomic E-state index is 12.2. The zero-order valence-corrected chi connectivity index (χ0v) is 13.3. The second-order valence-corrected chi connectivity index (χ2v) is 5.37. The summed E-state index contributed by atoms with van der Waals surface area (Å²) in [5.41, 5.74) is 0. The molecule has 0 fully saturated rings. The van der Waals surface area contributed by atoms with Crippen LogP contribution in [-0.4, -0.2) is 72.6 Å². The summed E-state index contributed by atoms with van der Waals surface area (Å²) in [7, 11) is 3.85. The Morgan fingerprint density at radius 3 is 2.10 bits per heavy atom. The van der Waals surface area contributed by atoms with E-state index in [1.807, 2.05) is 32.8 Å². The van der Waals surface area contributed by atoms with Crippen LogP contribution < -0.4 is 5.32 Å². The third-order valence-corrected chi connectivity index (χ3v) is 3.43. The van der Waals surface area contributed by atoms with E-state index in [-0.39, 0.29) is 18.5 Å². The Morgan fingerprint density at radius 1 is 1.15 bits per heavy atom. The Bertz CT molecular complexity index is 304. The molecule has 1 unspecified atom stereocenters. The van der Waals surface area contributed by atoms with Crippen LogP contribution in [0.3, 0.4) is 0 Å². The summed E-state index contributed by atoms with van der Waals surface area (Å²) in [6.07, 6.45) is 1.76. The lowest BCUT2D eigenvalue weighted by Gasteiger charge is -2.29. The van der Waals surface area contributed by atoms with Crippen LogP contribution in [0.2, 0.25) is 0 Å². The molecule has 0 aliphatic carbocycles. The lowest BCUT2D eigenvalue weighted by atomic mass is 10.1. The zero-order chi connectivity index (χ0) is 15.7. The van der Waals surface area contributed by atoms with E-state index in [4.69, 9.17) is 5.11 Å². The van der Waals surface area contributed by atoms with Gasteiger partial charge in [-0.15, -0.1) is 0 Å². The average Bonchev–Trinajstić information content (AvgIpc) is 2.38. The SMILES string of the molecule is CCC(CC)NC(=O)C(C)N(CCN(C)C)CC(=O)O. The van der Waals surface area contributed by atoms with E-state index in [2.05, 4.69) is 5.32 Å². The Kier molecular flexibility index (Phi) is 9.16. The molecule has 0 aromatic rings. The minimum Gasteiger partial charge on any atom is -0.480 e. The van der Waals surface area contributed by atoms with Crippen molar-refractivity contribution in [2.45, 2.75) is 45.7 Å². The highest BCUT2D eigenvalue weighted by Gasteiger charge is 2.24. The first kappa shape index (κ1) is 18.9. The van der Waals surface area contributed by atoms with E-state index >= 15 is 0 Å². The smallest absolute Gasteiger partial charge is 0.317 e. The van der Waals surface area contributed by atoms with Crippen molar-refractivity contribution < 1.29 is 14.7 Å². The normalized spacial score (nSPS) is 13.0. The lowest BCUT2D eigenvalue weighted by Crippen LogP contribution is -2.51. The molecule has 0 saturated heterocycles. The molecule has 0 aromatic carbocycles. The second-order valence-electron chi connectivity index (χ2n) is 5.37. The van der Waals surface area contributed by atoms with Crippen LogP contribution in [0.1, 0.15) is 33.6 Å². The van der Waals surface area contributed by atoms with Crippen molar-refractivity contribution in [3.8, 4) is 0 Å². The number of nitrogens with zero attached hydrogens (tertiary/aromatic N) is 2. The molecule has 2 N–H and O–H groups in total. The van der Waals surface area contributed by atoms with Crippen LogP contribution >= 0.6 is 0 Å². The maximum atomic E-state index is 12.2. The van der Waals surface area contributed by atoms with E-state index in [1.165, 1.54) is 0 Å². The fraction of sp³-hybridized carbons (Fsp3) is 0.857. The summed E-state index contributed by atoms with van der Waals surface area (Å²) in [5, 5.41) is 11.9. The molecular weight excluding hydrogens is 258 g/mol. The molecule has 0 rings (SSSR count). The Labute approximate surface area is 122 Å². The van der Waals surface area contributed by atoms with Gasteiger partial charge in [-0.05, 0) is 33.9 Å². The third-order valence-electron chi connectivity index (χ3n) is 3.43. The van der Waals surface area contributed by atoms with Gasteiger partial charge in [0.25, 0.3) is 0 Å². The standard InChI is InChI=1S/C14H29N3O3/c1-6-12(7-2)15-14(20)11(3)17(10-13(18)19)9-8-16(4)5/h11-12H,6-10H2,1-5H3,(H,15,20)(H,18,19). The van der Waals surface area contributed by atoms with Crippen LogP contribution in [0.4, 0.5) is 0 Å². The number of likely N-dealkylation sites (N-methyl/N-ethyl adjacent to an activating group) is 1. The predicted molar refractivity (Wildman–Crippen MR) is 79.7 cm³/mol. The second kappa shape index (κ2) is 9.72. The van der Waals surface area contributed by atoms with Gasteiger partial charge in [-0.2, -0.15) is 0 Å². The molecule has 6 nitrogen and oxygen atoms in total. The maximum Gasteiger partial charge on any atom is 0.317 e. The fourth-order valence-electron chi connectivity index (χ4n) is 1.89. The summed E-state index contributed by atoms with van der Waals surface area (Å²) >= 11 is 0. The minimum absolute atomic E-state index is 0.0984. The number of aliphatic carboxylic acids is 1. The molecule has 0 saturated carbocycles. The molecule has 0 bridgehead atoms. The van der Waals surface area contributed by atoms with Crippen LogP contribution in [0, 0.1) is 0 Å². The van der Waals surface area contributed by atoms with Crippen LogP contribution in [0.25, 0.3) is 0 Å². The number of nitrogens with one attached hydrogen (secondary N) is 1. The first-order chi connectivity index (χ1) is 9.31. The number of carbonyl (C=O) groups is 2. The summed E-state index contributed by atoms with van der Waals surface area (Å²) in [5.74, 6) is -1.01. The monoisotopic (exact) mass is 287 g/mol. The topological polar surface area (TPSA) is 72.9 Å². The highest BCUT2D eigenvalue weighted by Crippen LogP contribution is 2.03. The van der Waals surface area contributed by atoms with Gasteiger partial charge in [0, 0.05) is 19.1 Å². The van der Waals surface area contributed by atoms with Crippen molar-refractivity contribution in [1.82, 2.24) is 15.1 Å². The molecular formula is C14H29N3O3. The van der Waals surface area contributed by atoms with Gasteiger partial charge in [0.05, 0.1) is 12.6 Å². The number of hydrogen-bond acceptors (Lipinski definition) is 4. The number of carbonyl (C=O) groups excluding carboxylic acids is 1. The summed E-state index contributed by atoms with van der Waals surface area (Å²) in [4.78, 5) is 26.8. The molecule has 0 radical (unpaired) electrons. The van der Waals surface area contributed by atoms with Crippen LogP contribution in [-0.2, 0) is 9.59 Å². The highest BCUT2D eigenvalue weighted by molar-refractivity contribution is 5.82. The number of rotatable bonds is 10. The van der Waals surface area contributed by atoms with Crippen molar-refractivity contribution in [2.75, 3.05) is 33.7 Å². The van der Waals surface area contributed by atoms with Gasteiger partial charge >= 0.3 is 5.97 Å². The van der Waals surface area contributed by atoms with Gasteiger partial charge in [0.1, 0.15) is 0 Å². The fourth-order valence-corrected chi connectivity index (χ4v) is 1.89. The quantitative estimate of drug-likeness (QED) is 0.616. The molecule has 20 heavy (non-hydrogen) atoms. The van der Waals surface area contributed by atoms with E-state index < -0.39 is 12.0 Å². The number of hydrogen-bond donors (Lipinski definition) is 2. The molecule has 118 valence electrons. The number of carboxylic acids is 1. The van der Waals surface area contributed by atoms with Gasteiger partial charge < -0.3 is 15.3 Å². The van der Waals surface area contributed by atoms with Crippen molar-refractivity contribution in [3.63, 3.8) is 0 Å². The summed E-state index contributed by atoms with van der Waals surface area (Å²) < 4.78 is 0. The first-order valence-corrected chi connectivity index (χ1v) is 7.22. The van der Waals surface area contributed by atoms with Crippen LogP contribution in [0.5, 0.6) is 0 Å². The minimum atomic E-state index is -0.911. The van der Waals surface area contributed by atoms with E-state index in [9.17, 15) is 9.59 Å². The first-order valence-electron chi connectivity index (χ1n) is 7.22. The molecule has 0 spiro atoms. The molecule has 6 heteroatoms. The Morgan fingerprint density at radius 2 is 1.70 bits per heavy atom. The van der Waals surface area contributed by atoms with E-state index in [0.717, 1.165) is 19.4 Å². The summed E-state index contributed by atoms with van der Waals surface area (Å²) in [6, 6.07) is -0.280. The molecule has 1 amide bonds. The van der Waals surface area contributed by atoms with Gasteiger partial charge in [-0.3, -0.25) is 14.5 Å². The highest BCUT2D eigenvalue weighted by atomic mass is 16.4. The van der Waals surface area contributed by atoms with E-state index in [1.54, 1.807) is 11.8 Å². The molecule has 0 aromatic heterocycles. The summed E-state index contributed by atoms with van der Waals surface area (Å²) in [6.45, 7) is 6.97. The van der Waals surface area contributed by atoms with E-state index in [0.29, 0.717) is 6.54 Å². The number of carboxylic acid groups (broad SMARTS) is 1. The van der Waals surface area contributed by atoms with Gasteiger partial charge in [-0.25, -0.2) is 0 Å². The predicted octanol–water partition coefficient (Wildman–Crippen LogP) is 0.628. The molecule has 0 aliphatic heterocycles. The molecule has 0 aliphatic rings. The largest absolute Gasteiger partial charge is 0.480 e. The average molecular weight is 287 g/mol. The van der Waals surface area contributed by atoms with Crippen molar-refractivity contribution in [2.24, 2.45) is 0 Å². The van der Waals surface area contributed by atoms with Crippen molar-refractivity contribution in [1.29, 1.82) is 0 Å². The Balaban J connectivity index is 4.61. The van der Waals surface area contributed by atoms with Gasteiger partial charge in [-0.1, -0.05) is 13.8 Å².